The molecule has 2 atom stereocenters. The highest BCUT2D eigenvalue weighted by Crippen LogP contribution is 2.49. The molecule has 0 radical (unpaired) electrons. The molecule has 0 fully saturated rings. The molecule has 0 heterocycles. The molecule has 1 aliphatic carbocycles. The van der Waals surface area contributed by atoms with Crippen LogP contribution in [0.3, 0.4) is 0 Å². The summed E-state index contributed by atoms with van der Waals surface area (Å²) < 4.78 is 28.8. The molecule has 1 amide bonds. The van der Waals surface area contributed by atoms with Crippen molar-refractivity contribution in [3.05, 3.63) is 53.6 Å². The van der Waals surface area contributed by atoms with Crippen molar-refractivity contribution in [2.75, 3.05) is 13.3 Å². The molecule has 6 nitrogen and oxygen atoms in total. The van der Waals surface area contributed by atoms with Crippen molar-refractivity contribution in [3.63, 3.8) is 0 Å². The zero-order valence-corrected chi connectivity index (χ0v) is 15.0. The van der Waals surface area contributed by atoms with Crippen molar-refractivity contribution in [2.45, 2.75) is 19.1 Å². The Morgan fingerprint density at radius 1 is 1.38 bits per heavy atom. The van der Waals surface area contributed by atoms with Crippen LogP contribution in [0.5, 0.6) is 5.75 Å². The Balaban J connectivity index is 2.17. The van der Waals surface area contributed by atoms with Gasteiger partial charge in [0.1, 0.15) is 5.75 Å². The standard InChI is InChI=1S/C16H19ClNO5P/c1-3-21-15(19)18-16(11-9-13(17)10-12-16)23-24(2,20)22-14-7-5-4-6-8-14/h4-11H,3,12H2,1-2H3,(H,18,19). The Labute approximate surface area is 146 Å². The van der Waals surface area contributed by atoms with Crippen LogP contribution in [0.4, 0.5) is 4.79 Å². The van der Waals surface area contributed by atoms with Crippen molar-refractivity contribution in [1.82, 2.24) is 5.32 Å². The van der Waals surface area contributed by atoms with Gasteiger partial charge in [-0.25, -0.2) is 9.36 Å². The predicted octanol–water partition coefficient (Wildman–Crippen LogP) is 4.43. The lowest BCUT2D eigenvalue weighted by Gasteiger charge is -2.34. The number of ether oxygens (including phenoxy) is 1. The summed E-state index contributed by atoms with van der Waals surface area (Å²) in [6, 6.07) is 8.65. The SMILES string of the molecule is CCOC(=O)NC1(OP(C)(=O)Oc2ccccc2)C=CC(Cl)=CC1. The fraction of sp³-hybridized carbons (Fsp3) is 0.312. The van der Waals surface area contributed by atoms with Gasteiger partial charge in [-0.3, -0.25) is 9.84 Å². The van der Waals surface area contributed by atoms with Gasteiger partial charge in [-0.2, -0.15) is 0 Å². The first-order chi connectivity index (χ1) is 11.3. The van der Waals surface area contributed by atoms with Gasteiger partial charge in [0.2, 0.25) is 0 Å². The molecule has 0 saturated heterocycles. The van der Waals surface area contributed by atoms with E-state index in [0.29, 0.717) is 10.8 Å². The molecule has 1 aromatic carbocycles. The molecule has 0 spiro atoms. The van der Waals surface area contributed by atoms with Crippen LogP contribution in [0, 0.1) is 0 Å². The first-order valence-corrected chi connectivity index (χ1v) is 9.74. The first kappa shape index (κ1) is 18.6. The number of nitrogens with one attached hydrogen (secondary N) is 1. The monoisotopic (exact) mass is 371 g/mol. The second-order valence-electron chi connectivity index (χ2n) is 5.13. The highest BCUT2D eigenvalue weighted by molar-refractivity contribution is 7.53. The summed E-state index contributed by atoms with van der Waals surface area (Å²) in [5, 5.41) is 3.07. The van der Waals surface area contributed by atoms with E-state index in [0.717, 1.165) is 0 Å². The van der Waals surface area contributed by atoms with E-state index in [1.165, 1.54) is 12.7 Å². The summed E-state index contributed by atoms with van der Waals surface area (Å²) in [6.07, 6.45) is 4.23. The van der Waals surface area contributed by atoms with E-state index < -0.39 is 19.4 Å². The largest absolute Gasteiger partial charge is 0.450 e. The fourth-order valence-electron chi connectivity index (χ4n) is 2.11. The lowest BCUT2D eigenvalue weighted by molar-refractivity contribution is 0.0615. The van der Waals surface area contributed by atoms with Crippen LogP contribution >= 0.6 is 19.2 Å². The third kappa shape index (κ3) is 5.41. The Kier molecular flexibility index (Phi) is 6.10. The van der Waals surface area contributed by atoms with Crippen molar-refractivity contribution < 1.29 is 23.1 Å². The van der Waals surface area contributed by atoms with Crippen molar-refractivity contribution in [2.24, 2.45) is 0 Å². The van der Waals surface area contributed by atoms with Crippen molar-refractivity contribution in [1.29, 1.82) is 0 Å². The summed E-state index contributed by atoms with van der Waals surface area (Å²) in [7, 11) is -3.54. The zero-order chi connectivity index (χ0) is 17.6. The van der Waals surface area contributed by atoms with Gasteiger partial charge < -0.3 is 9.26 Å². The lowest BCUT2D eigenvalue weighted by atomic mass is 10.1. The summed E-state index contributed by atoms with van der Waals surface area (Å²) in [6.45, 7) is 3.22. The van der Waals surface area contributed by atoms with Crippen LogP contribution < -0.4 is 9.84 Å². The Morgan fingerprint density at radius 3 is 2.67 bits per heavy atom. The Morgan fingerprint density at radius 2 is 2.08 bits per heavy atom. The number of carbonyl (C=O) groups excluding carboxylic acids is 1. The number of alkyl carbamates (subject to hydrolysis) is 1. The number of allylic oxidation sites excluding steroid dienone is 2. The molecule has 1 aliphatic rings. The van der Waals surface area contributed by atoms with Gasteiger partial charge >= 0.3 is 13.7 Å². The molecule has 0 bridgehead atoms. The van der Waals surface area contributed by atoms with Crippen LogP contribution in [0.1, 0.15) is 13.3 Å². The van der Waals surface area contributed by atoms with Crippen molar-refractivity contribution >= 4 is 25.3 Å². The average molecular weight is 372 g/mol. The van der Waals surface area contributed by atoms with Gasteiger partial charge in [-0.05, 0) is 31.2 Å². The number of halogens is 1. The number of amides is 1. The van der Waals surface area contributed by atoms with Gasteiger partial charge in [0.15, 0.2) is 5.72 Å². The van der Waals surface area contributed by atoms with E-state index in [-0.39, 0.29) is 13.0 Å². The van der Waals surface area contributed by atoms with Gasteiger partial charge in [0, 0.05) is 11.5 Å². The second kappa shape index (κ2) is 7.88. The minimum absolute atomic E-state index is 0.192. The predicted molar refractivity (Wildman–Crippen MR) is 92.3 cm³/mol. The third-order valence-electron chi connectivity index (χ3n) is 3.04. The second-order valence-corrected chi connectivity index (χ2v) is 7.47. The number of hydrogen-bond acceptors (Lipinski definition) is 5. The Bertz CT molecular complexity index is 691. The number of hydrogen-bond donors (Lipinski definition) is 1. The molecule has 2 rings (SSSR count). The highest BCUT2D eigenvalue weighted by Gasteiger charge is 2.39. The van der Waals surface area contributed by atoms with Crippen LogP contribution in [0.2, 0.25) is 0 Å². The molecule has 0 aromatic heterocycles. The molecule has 1 N–H and O–H groups in total. The average Bonchev–Trinajstić information content (AvgIpc) is 2.50. The van der Waals surface area contributed by atoms with E-state index in [1.54, 1.807) is 43.3 Å². The van der Waals surface area contributed by atoms with E-state index in [2.05, 4.69) is 5.32 Å². The minimum Gasteiger partial charge on any atom is -0.450 e. The molecule has 1 aromatic rings. The molecule has 130 valence electrons. The first-order valence-electron chi connectivity index (χ1n) is 7.37. The number of rotatable bonds is 6. The maximum Gasteiger partial charge on any atom is 0.409 e. The number of carbonyl (C=O) groups is 1. The summed E-state index contributed by atoms with van der Waals surface area (Å²) in [5.74, 6) is 0.406. The van der Waals surface area contributed by atoms with E-state index >= 15 is 0 Å². The number of benzene rings is 1. The van der Waals surface area contributed by atoms with Crippen LogP contribution in [0.25, 0.3) is 0 Å². The van der Waals surface area contributed by atoms with E-state index in [1.807, 2.05) is 6.07 Å². The minimum atomic E-state index is -3.54. The highest BCUT2D eigenvalue weighted by atomic mass is 35.5. The molecule has 0 saturated carbocycles. The summed E-state index contributed by atoms with van der Waals surface area (Å²) >= 11 is 5.92. The molecular weight excluding hydrogens is 353 g/mol. The molecule has 8 heteroatoms. The van der Waals surface area contributed by atoms with Crippen LogP contribution in [0.15, 0.2) is 53.6 Å². The van der Waals surface area contributed by atoms with E-state index in [4.69, 9.17) is 25.4 Å². The molecule has 24 heavy (non-hydrogen) atoms. The fourth-order valence-corrected chi connectivity index (χ4v) is 3.56. The molecule has 0 aliphatic heterocycles. The van der Waals surface area contributed by atoms with Gasteiger partial charge in [-0.1, -0.05) is 35.9 Å². The summed E-state index contributed by atoms with van der Waals surface area (Å²) in [5.41, 5.74) is -1.36. The topological polar surface area (TPSA) is 73.9 Å². The maximum atomic E-state index is 12.8. The van der Waals surface area contributed by atoms with Gasteiger partial charge in [-0.15, -0.1) is 0 Å². The normalized spacial score (nSPS) is 22.2. The van der Waals surface area contributed by atoms with E-state index in [9.17, 15) is 9.36 Å². The van der Waals surface area contributed by atoms with Gasteiger partial charge in [0.05, 0.1) is 13.3 Å². The molecule has 2 unspecified atom stereocenters. The number of para-hydroxylation sites is 1. The van der Waals surface area contributed by atoms with Crippen molar-refractivity contribution in [3.8, 4) is 5.75 Å². The van der Waals surface area contributed by atoms with Crippen LogP contribution in [-0.4, -0.2) is 25.1 Å². The smallest absolute Gasteiger partial charge is 0.409 e. The Hall–Kier alpha value is -1.75. The third-order valence-corrected chi connectivity index (χ3v) is 4.52. The zero-order valence-electron chi connectivity index (χ0n) is 13.4. The quantitative estimate of drug-likeness (QED) is 0.591. The van der Waals surface area contributed by atoms with Gasteiger partial charge in [0.25, 0.3) is 0 Å². The lowest BCUT2D eigenvalue weighted by Crippen LogP contribution is -2.49. The molecular formula is C16H19ClNO5P. The maximum absolute atomic E-state index is 12.8. The van der Waals surface area contributed by atoms with Crippen LogP contribution in [-0.2, 0) is 13.8 Å². The summed E-state index contributed by atoms with van der Waals surface area (Å²) in [4.78, 5) is 11.8.